The van der Waals surface area contributed by atoms with Gasteiger partial charge < -0.3 is 0 Å². The molecule has 1 heterocycles. The van der Waals surface area contributed by atoms with Crippen LogP contribution >= 0.6 is 0 Å². The lowest BCUT2D eigenvalue weighted by atomic mass is 10.4. The zero-order chi connectivity index (χ0) is 10.6. The normalized spacial score (nSPS) is 9.14. The Bertz CT molecular complexity index is 457. The summed E-state index contributed by atoms with van der Waals surface area (Å²) in [5.41, 5.74) is 1.91. The fourth-order valence-corrected chi connectivity index (χ4v) is 0.812. The standard InChI is InChI=1S/C5H4N4O4S/c10-9(11)4-1-2-5(6-3-4)7-8-14(12)13/h1-3H,(H,6,7). The molecule has 9 heteroatoms. The van der Waals surface area contributed by atoms with Crippen molar-refractivity contribution in [2.45, 2.75) is 0 Å². The van der Waals surface area contributed by atoms with Gasteiger partial charge in [-0.2, -0.15) is 8.42 Å². The average molecular weight is 216 g/mol. The quantitative estimate of drug-likeness (QED) is 0.576. The molecule has 0 spiro atoms. The Morgan fingerprint density at radius 1 is 1.50 bits per heavy atom. The van der Waals surface area contributed by atoms with Gasteiger partial charge in [0.25, 0.3) is 5.69 Å². The Labute approximate surface area is 79.4 Å². The molecule has 1 aromatic rings. The maximum atomic E-state index is 10.2. The first-order valence-corrected chi connectivity index (χ1v) is 4.29. The molecule has 0 saturated heterocycles. The van der Waals surface area contributed by atoms with E-state index < -0.39 is 15.4 Å². The SMILES string of the molecule is O=[N+]([O-])c1ccc(NN=S(=O)=O)nc1. The lowest BCUT2D eigenvalue weighted by Gasteiger charge is -1.94. The third-order valence-electron chi connectivity index (χ3n) is 1.19. The fourth-order valence-electron chi connectivity index (χ4n) is 0.644. The molecule has 0 bridgehead atoms. The van der Waals surface area contributed by atoms with E-state index >= 15 is 0 Å². The van der Waals surface area contributed by atoms with E-state index in [2.05, 4.69) is 14.9 Å². The van der Waals surface area contributed by atoms with Crippen molar-refractivity contribution in [3.8, 4) is 0 Å². The Morgan fingerprint density at radius 2 is 2.21 bits per heavy atom. The summed E-state index contributed by atoms with van der Waals surface area (Å²) >= 11 is 0. The second-order valence-corrected chi connectivity index (χ2v) is 2.70. The molecule has 1 N–H and O–H groups in total. The van der Waals surface area contributed by atoms with E-state index in [0.29, 0.717) is 0 Å². The number of pyridine rings is 1. The number of nitrogens with one attached hydrogen (secondary N) is 1. The van der Waals surface area contributed by atoms with E-state index in [-0.39, 0.29) is 11.5 Å². The van der Waals surface area contributed by atoms with Crippen LogP contribution in [0.15, 0.2) is 22.8 Å². The Kier molecular flexibility index (Phi) is 3.07. The van der Waals surface area contributed by atoms with Gasteiger partial charge in [0, 0.05) is 6.07 Å². The van der Waals surface area contributed by atoms with Crippen molar-refractivity contribution in [3.05, 3.63) is 28.4 Å². The van der Waals surface area contributed by atoms with Gasteiger partial charge in [-0.05, 0) is 6.07 Å². The summed E-state index contributed by atoms with van der Waals surface area (Å²) < 4.78 is 22.9. The van der Waals surface area contributed by atoms with E-state index in [1.165, 1.54) is 12.1 Å². The predicted molar refractivity (Wildman–Crippen MR) is 45.9 cm³/mol. The molecule has 0 fully saturated rings. The van der Waals surface area contributed by atoms with Crippen molar-refractivity contribution in [2.24, 2.45) is 4.47 Å². The van der Waals surface area contributed by atoms with Crippen molar-refractivity contribution < 1.29 is 13.3 Å². The summed E-state index contributed by atoms with van der Waals surface area (Å²) in [6.07, 6.45) is 0.992. The number of nitrogens with zero attached hydrogens (tertiary/aromatic N) is 3. The molecule has 0 aliphatic carbocycles. The topological polar surface area (TPSA) is 115 Å². The van der Waals surface area contributed by atoms with Crippen molar-refractivity contribution >= 4 is 22.0 Å². The second kappa shape index (κ2) is 4.28. The summed E-state index contributed by atoms with van der Waals surface area (Å²) in [6, 6.07) is 2.42. The molecule has 0 atom stereocenters. The van der Waals surface area contributed by atoms with E-state index in [4.69, 9.17) is 0 Å². The smallest absolute Gasteiger partial charge is 0.258 e. The molecule has 0 radical (unpaired) electrons. The molecular formula is C5H4N4O4S. The summed E-state index contributed by atoms with van der Waals surface area (Å²) in [6.45, 7) is 0. The maximum absolute atomic E-state index is 10.2. The zero-order valence-corrected chi connectivity index (χ0v) is 7.43. The largest absolute Gasteiger partial charge is 0.332 e. The van der Waals surface area contributed by atoms with Gasteiger partial charge in [0.1, 0.15) is 12.0 Å². The van der Waals surface area contributed by atoms with E-state index in [1.54, 1.807) is 0 Å². The average Bonchev–Trinajstić information content (AvgIpc) is 2.15. The maximum Gasteiger partial charge on any atom is 0.332 e. The Balaban J connectivity index is 2.84. The molecule has 14 heavy (non-hydrogen) atoms. The van der Waals surface area contributed by atoms with Gasteiger partial charge in [0.15, 0.2) is 0 Å². The predicted octanol–water partition coefficient (Wildman–Crippen LogP) is 0.379. The van der Waals surface area contributed by atoms with Crippen LogP contribution < -0.4 is 5.43 Å². The lowest BCUT2D eigenvalue weighted by molar-refractivity contribution is -0.385. The van der Waals surface area contributed by atoms with Gasteiger partial charge in [0.2, 0.25) is 0 Å². The second-order valence-electron chi connectivity index (χ2n) is 2.08. The van der Waals surface area contributed by atoms with Crippen LogP contribution in [-0.4, -0.2) is 18.3 Å². The molecule has 0 aromatic carbocycles. The van der Waals surface area contributed by atoms with E-state index in [1.807, 2.05) is 0 Å². The third-order valence-corrected chi connectivity index (χ3v) is 1.43. The van der Waals surface area contributed by atoms with Crippen molar-refractivity contribution in [3.63, 3.8) is 0 Å². The van der Waals surface area contributed by atoms with Crippen LogP contribution in [0.4, 0.5) is 11.5 Å². The summed E-state index contributed by atoms with van der Waals surface area (Å²) in [4.78, 5) is 13.1. The molecule has 0 saturated carbocycles. The van der Waals surface area contributed by atoms with Crippen LogP contribution in [-0.2, 0) is 10.5 Å². The molecule has 0 aliphatic rings. The van der Waals surface area contributed by atoms with Gasteiger partial charge in [-0.25, -0.2) is 10.4 Å². The number of anilines is 1. The van der Waals surface area contributed by atoms with Crippen LogP contribution in [0.1, 0.15) is 0 Å². The number of nitro groups is 1. The third kappa shape index (κ3) is 2.79. The number of hydrogen-bond donors (Lipinski definition) is 1. The van der Waals surface area contributed by atoms with Gasteiger partial charge >= 0.3 is 10.5 Å². The minimum absolute atomic E-state index is 0.111. The molecular weight excluding hydrogens is 212 g/mol. The minimum atomic E-state index is -2.59. The van der Waals surface area contributed by atoms with Gasteiger partial charge in [-0.1, -0.05) is 4.47 Å². The Morgan fingerprint density at radius 3 is 2.64 bits per heavy atom. The highest BCUT2D eigenvalue weighted by atomic mass is 32.2. The highest BCUT2D eigenvalue weighted by Gasteiger charge is 2.04. The Hall–Kier alpha value is -2.03. The summed E-state index contributed by atoms with van der Waals surface area (Å²) in [7, 11) is -2.59. The van der Waals surface area contributed by atoms with Crippen LogP contribution in [0.25, 0.3) is 0 Å². The van der Waals surface area contributed by atoms with Crippen molar-refractivity contribution in [1.82, 2.24) is 4.98 Å². The van der Waals surface area contributed by atoms with Crippen LogP contribution in [0.2, 0.25) is 0 Å². The number of aromatic nitrogens is 1. The van der Waals surface area contributed by atoms with Gasteiger partial charge in [-0.3, -0.25) is 10.1 Å². The van der Waals surface area contributed by atoms with Crippen molar-refractivity contribution in [1.29, 1.82) is 0 Å². The summed E-state index contributed by atoms with van der Waals surface area (Å²) in [5, 5.41) is 10.2. The monoisotopic (exact) mass is 216 g/mol. The molecule has 74 valence electrons. The molecule has 0 unspecified atom stereocenters. The molecule has 0 aliphatic heterocycles. The first-order chi connectivity index (χ1) is 6.59. The zero-order valence-electron chi connectivity index (χ0n) is 6.61. The highest BCUT2D eigenvalue weighted by Crippen LogP contribution is 2.11. The first kappa shape index (κ1) is 10.1. The van der Waals surface area contributed by atoms with Crippen molar-refractivity contribution in [2.75, 3.05) is 5.43 Å². The fraction of sp³-hybridized carbons (Fsp3) is 0. The molecule has 1 rings (SSSR count). The van der Waals surface area contributed by atoms with Gasteiger partial charge in [0.05, 0.1) is 4.92 Å². The molecule has 8 nitrogen and oxygen atoms in total. The van der Waals surface area contributed by atoms with E-state index in [0.717, 1.165) is 6.20 Å². The minimum Gasteiger partial charge on any atom is -0.258 e. The molecule has 1 aromatic heterocycles. The van der Waals surface area contributed by atoms with Crippen LogP contribution in [0, 0.1) is 10.1 Å². The summed E-state index contributed by atoms with van der Waals surface area (Å²) in [5.74, 6) is 0.111. The number of hydrogen-bond acceptors (Lipinski definition) is 6. The van der Waals surface area contributed by atoms with E-state index in [9.17, 15) is 18.5 Å². The lowest BCUT2D eigenvalue weighted by Crippen LogP contribution is -1.93. The first-order valence-electron chi connectivity index (χ1n) is 3.26. The molecule has 0 amide bonds. The van der Waals surface area contributed by atoms with Crippen LogP contribution in [0.3, 0.4) is 0 Å². The van der Waals surface area contributed by atoms with Gasteiger partial charge in [-0.15, -0.1) is 0 Å². The number of rotatable bonds is 3. The van der Waals surface area contributed by atoms with Crippen LogP contribution in [0.5, 0.6) is 0 Å². The highest BCUT2D eigenvalue weighted by molar-refractivity contribution is 7.61.